The molecule has 0 aromatic heterocycles. The number of methoxy groups -OCH3 is 2. The lowest BCUT2D eigenvalue weighted by Gasteiger charge is -2.28. The third kappa shape index (κ3) is 11.2. The zero-order valence-electron chi connectivity index (χ0n) is 38.6. The van der Waals surface area contributed by atoms with Crippen molar-refractivity contribution in [2.24, 2.45) is 0 Å². The Kier molecular flexibility index (Phi) is 14.8. The van der Waals surface area contributed by atoms with Crippen LogP contribution in [0.25, 0.3) is 0 Å². The summed E-state index contributed by atoms with van der Waals surface area (Å²) < 4.78 is 12.8. The van der Waals surface area contributed by atoms with Crippen molar-refractivity contribution in [3.8, 4) is 11.5 Å². The summed E-state index contributed by atoms with van der Waals surface area (Å²) in [5, 5.41) is -0.110. The number of carbonyl (C=O) groups is 2. The van der Waals surface area contributed by atoms with Crippen LogP contribution in [0.3, 0.4) is 0 Å². The van der Waals surface area contributed by atoms with Crippen molar-refractivity contribution in [1.29, 1.82) is 0 Å². The normalized spacial score (nSPS) is 13.5. The Morgan fingerprint density at radius 3 is 0.783 bits per heavy atom. The second-order valence-electron chi connectivity index (χ2n) is 19.5. The van der Waals surface area contributed by atoms with E-state index < -0.39 is 0 Å². The molecule has 0 N–H and O–H groups in total. The Labute approximate surface area is 385 Å². The third-order valence-corrected chi connectivity index (χ3v) is 17.1. The molecular weight excluding hydrogens is 861 g/mol. The quantitative estimate of drug-likeness (QED) is 0.163. The van der Waals surface area contributed by atoms with Gasteiger partial charge in [-0.1, -0.05) is 130 Å². The number of nitrogens with zero attached hydrogens (tertiary/aromatic N) is 2. The summed E-state index contributed by atoms with van der Waals surface area (Å²) in [7, 11) is 10.7. The highest BCUT2D eigenvalue weighted by atomic mass is 32.2. The molecule has 60 heavy (non-hydrogen) atoms. The van der Waals surface area contributed by atoms with Crippen molar-refractivity contribution in [3.05, 3.63) is 70.8 Å². The van der Waals surface area contributed by atoms with Crippen LogP contribution in [0.5, 0.6) is 11.5 Å². The molecule has 4 aromatic carbocycles. The summed E-state index contributed by atoms with van der Waals surface area (Å²) in [5.41, 5.74) is 3.86. The number of hydrogen-bond donors (Lipinski definition) is 0. The zero-order chi connectivity index (χ0) is 44.9. The van der Waals surface area contributed by atoms with Gasteiger partial charge >= 0.3 is 0 Å². The molecule has 0 saturated carbocycles. The van der Waals surface area contributed by atoms with E-state index in [1.54, 1.807) is 99.3 Å². The highest BCUT2D eigenvalue weighted by Crippen LogP contribution is 2.56. The molecule has 1 aliphatic heterocycles. The molecule has 0 atom stereocenters. The number of amides is 2. The lowest BCUT2D eigenvalue weighted by atomic mass is 9.87. The maximum atomic E-state index is 13.8. The fourth-order valence-corrected chi connectivity index (χ4v) is 13.1. The zero-order valence-corrected chi connectivity index (χ0v) is 43.5. The van der Waals surface area contributed by atoms with Gasteiger partial charge in [0.2, 0.25) is 0 Å². The number of benzene rings is 4. The van der Waals surface area contributed by atoms with E-state index in [1.807, 2.05) is 0 Å². The van der Waals surface area contributed by atoms with E-state index in [0.717, 1.165) is 82.7 Å². The van der Waals surface area contributed by atoms with E-state index in [4.69, 9.17) is 9.47 Å². The van der Waals surface area contributed by atoms with Crippen LogP contribution in [0.2, 0.25) is 0 Å². The molecule has 1 aliphatic rings. The monoisotopic (exact) mass is 922 g/mol. The van der Waals surface area contributed by atoms with Gasteiger partial charge in [-0.2, -0.15) is 0 Å². The van der Waals surface area contributed by atoms with Crippen LogP contribution >= 0.6 is 70.6 Å². The predicted molar refractivity (Wildman–Crippen MR) is 260 cm³/mol. The minimum Gasteiger partial charge on any atom is -0.494 e. The van der Waals surface area contributed by atoms with Crippen LogP contribution in [-0.2, 0) is 21.7 Å². The van der Waals surface area contributed by atoms with Crippen LogP contribution in [0.4, 0.5) is 9.59 Å². The Morgan fingerprint density at radius 1 is 0.417 bits per heavy atom. The number of fused-ring (bicyclic) bond motifs is 8. The first-order valence-corrected chi connectivity index (χ1v) is 24.8. The van der Waals surface area contributed by atoms with Crippen molar-refractivity contribution < 1.29 is 19.1 Å². The van der Waals surface area contributed by atoms with Gasteiger partial charge in [0, 0.05) is 57.6 Å². The molecule has 0 unspecified atom stereocenters. The fourth-order valence-electron chi connectivity index (χ4n) is 6.08. The Bertz CT molecular complexity index is 2030. The molecule has 8 bridgehead atoms. The molecule has 6 nitrogen and oxygen atoms in total. The van der Waals surface area contributed by atoms with Crippen molar-refractivity contribution in [3.63, 3.8) is 0 Å². The topological polar surface area (TPSA) is 59.1 Å². The molecule has 0 spiro atoms. The molecule has 0 saturated heterocycles. The summed E-state index contributed by atoms with van der Waals surface area (Å²) in [4.78, 5) is 40.4. The Balaban J connectivity index is 2.03. The van der Waals surface area contributed by atoms with Crippen molar-refractivity contribution in [2.75, 3.05) is 42.4 Å². The number of rotatable bonds is 4. The number of hydrogen-bond acceptors (Lipinski definition) is 10. The first-order chi connectivity index (χ1) is 27.6. The number of ether oxygens (including phenoxy) is 2. The second kappa shape index (κ2) is 18.3. The predicted octanol–water partition coefficient (Wildman–Crippen LogP) is 15.4. The van der Waals surface area contributed by atoms with E-state index in [-0.39, 0.29) is 32.1 Å². The maximum Gasteiger partial charge on any atom is 0.286 e. The summed E-state index contributed by atoms with van der Waals surface area (Å²) in [6.07, 6.45) is 0. The maximum absolute atomic E-state index is 13.8. The Hall–Kier alpha value is -2.48. The van der Waals surface area contributed by atoms with Gasteiger partial charge < -0.3 is 19.3 Å². The first-order valence-electron chi connectivity index (χ1n) is 19.9. The minimum absolute atomic E-state index is 0.0552. The average Bonchev–Trinajstić information content (AvgIpc) is 3.11. The van der Waals surface area contributed by atoms with Gasteiger partial charge in [-0.05, 0) is 116 Å². The van der Waals surface area contributed by atoms with Gasteiger partial charge in [-0.15, -0.1) is 0 Å². The molecule has 0 fully saturated rings. The lowest BCUT2D eigenvalue weighted by molar-refractivity contribution is 0.240. The van der Waals surface area contributed by atoms with Gasteiger partial charge in [-0.3, -0.25) is 9.59 Å². The Morgan fingerprint density at radius 2 is 0.617 bits per heavy atom. The van der Waals surface area contributed by atoms with Crippen LogP contribution in [0, 0.1) is 0 Å². The standard InChI is InChI=1S/C48H62N2O4S6/c1-45(2,3)27-19-31-39(53-17)32(20-27)56-36-24-30(48(10,11)12)26-38(42(36)60-44(52)50(15)16)58-34-22-28(46(4,5)6)21-33(40(34)54-18)57-37-25-29(47(7,8)9)23-35(55-31)41(37)59-43(51)49(13)14/h19-26H,1-18H3. The van der Waals surface area contributed by atoms with E-state index in [1.165, 1.54) is 23.5 Å². The number of thioether (sulfide) groups is 2. The minimum atomic E-state index is -0.193. The van der Waals surface area contributed by atoms with Crippen molar-refractivity contribution in [2.45, 2.75) is 154 Å². The SMILES string of the molecule is COc1c2cc(C(C)(C)C)cc1Sc1cc(C(C)(C)C)cc(c1SC(=O)N(C)C)Sc1cc(C(C)(C)C)cc(c1OC)Sc1cc(C(C)(C)C)cc(c1SC(=O)N(C)C)S2. The molecule has 2 amide bonds. The lowest BCUT2D eigenvalue weighted by Crippen LogP contribution is -2.17. The highest BCUT2D eigenvalue weighted by molar-refractivity contribution is 8.15. The van der Waals surface area contributed by atoms with Gasteiger partial charge in [0.05, 0.1) is 33.8 Å². The van der Waals surface area contributed by atoms with Crippen LogP contribution in [-0.4, -0.2) is 62.7 Å². The third-order valence-electron chi connectivity index (χ3n) is 9.94. The molecule has 0 aliphatic carbocycles. The average molecular weight is 923 g/mol. The molecule has 1 heterocycles. The van der Waals surface area contributed by atoms with Gasteiger partial charge in [0.25, 0.3) is 10.5 Å². The highest BCUT2D eigenvalue weighted by Gasteiger charge is 2.31. The molecular formula is C48H62N2O4S6. The van der Waals surface area contributed by atoms with Crippen LogP contribution in [0.15, 0.2) is 97.5 Å². The van der Waals surface area contributed by atoms with Crippen LogP contribution < -0.4 is 9.47 Å². The van der Waals surface area contributed by atoms with Crippen molar-refractivity contribution >= 4 is 81.0 Å². The summed E-state index contributed by atoms with van der Waals surface area (Å²) in [5.74, 6) is 1.50. The van der Waals surface area contributed by atoms with Crippen molar-refractivity contribution in [1.82, 2.24) is 9.80 Å². The van der Waals surface area contributed by atoms with E-state index in [2.05, 4.69) is 132 Å². The van der Waals surface area contributed by atoms with Gasteiger partial charge in [0.15, 0.2) is 0 Å². The molecule has 5 rings (SSSR count). The van der Waals surface area contributed by atoms with E-state index in [0.29, 0.717) is 0 Å². The molecule has 4 aromatic rings. The summed E-state index contributed by atoms with van der Waals surface area (Å²) in [6, 6.07) is 18.0. The van der Waals surface area contributed by atoms with Gasteiger partial charge in [-0.25, -0.2) is 0 Å². The fraction of sp³-hybridized carbons (Fsp3) is 0.458. The summed E-state index contributed by atoms with van der Waals surface area (Å²) >= 11 is 9.09. The van der Waals surface area contributed by atoms with Crippen LogP contribution in [0.1, 0.15) is 105 Å². The second-order valence-corrected chi connectivity index (χ2v) is 25.8. The molecule has 324 valence electrons. The summed E-state index contributed by atoms with van der Waals surface area (Å²) in [6.45, 7) is 26.8. The molecule has 0 radical (unpaired) electrons. The molecule has 12 heteroatoms. The van der Waals surface area contributed by atoms with E-state index in [9.17, 15) is 9.59 Å². The van der Waals surface area contributed by atoms with Gasteiger partial charge in [0.1, 0.15) is 11.5 Å². The first kappa shape index (κ1) is 48.6. The smallest absolute Gasteiger partial charge is 0.286 e. The number of carbonyl (C=O) groups excluding carboxylic acids is 2. The largest absolute Gasteiger partial charge is 0.494 e. The van der Waals surface area contributed by atoms with E-state index >= 15 is 0 Å².